The summed E-state index contributed by atoms with van der Waals surface area (Å²) in [5.41, 5.74) is 0.814. The molecule has 0 N–H and O–H groups in total. The van der Waals surface area contributed by atoms with Crippen LogP contribution in [0.4, 0.5) is 5.69 Å². The number of amides is 1. The van der Waals surface area contributed by atoms with Crippen molar-refractivity contribution in [1.29, 1.82) is 0 Å². The summed E-state index contributed by atoms with van der Waals surface area (Å²) < 4.78 is 5.24. The van der Waals surface area contributed by atoms with E-state index in [2.05, 4.69) is 0 Å². The number of anilines is 1. The number of rotatable bonds is 4. The second-order valence-electron chi connectivity index (χ2n) is 3.53. The van der Waals surface area contributed by atoms with Crippen molar-refractivity contribution in [2.24, 2.45) is 0 Å². The summed E-state index contributed by atoms with van der Waals surface area (Å²) in [6.07, 6.45) is 1.59. The first-order chi connectivity index (χ1) is 8.31. The van der Waals surface area contributed by atoms with Gasteiger partial charge in [0.05, 0.1) is 12.8 Å². The van der Waals surface area contributed by atoms with Crippen LogP contribution in [-0.2, 0) is 11.3 Å². The molecular weight excluding hydrogens is 238 g/mol. The molecule has 0 bridgehead atoms. The average Bonchev–Trinajstić information content (AvgIpc) is 2.89. The van der Waals surface area contributed by atoms with E-state index in [0.717, 1.165) is 11.4 Å². The van der Waals surface area contributed by atoms with E-state index in [-0.39, 0.29) is 11.8 Å². The number of halogens is 1. The van der Waals surface area contributed by atoms with Crippen molar-refractivity contribution in [3.63, 3.8) is 0 Å². The molecule has 0 atom stereocenters. The smallest absolute Gasteiger partial charge is 0.242 e. The lowest BCUT2D eigenvalue weighted by Gasteiger charge is -2.20. The molecule has 0 radical (unpaired) electrons. The summed E-state index contributed by atoms with van der Waals surface area (Å²) >= 11 is 5.61. The van der Waals surface area contributed by atoms with Crippen molar-refractivity contribution in [1.82, 2.24) is 0 Å². The van der Waals surface area contributed by atoms with Gasteiger partial charge in [-0.25, -0.2) is 0 Å². The highest BCUT2D eigenvalue weighted by molar-refractivity contribution is 6.29. The molecule has 1 aromatic carbocycles. The lowest BCUT2D eigenvalue weighted by molar-refractivity contribution is -0.116. The molecule has 0 saturated heterocycles. The lowest BCUT2D eigenvalue weighted by Crippen LogP contribution is -2.31. The van der Waals surface area contributed by atoms with Gasteiger partial charge in [0.25, 0.3) is 0 Å². The van der Waals surface area contributed by atoms with Gasteiger partial charge in [-0.2, -0.15) is 0 Å². The molecule has 0 saturated carbocycles. The van der Waals surface area contributed by atoms with Gasteiger partial charge in [0.15, 0.2) is 0 Å². The molecule has 1 aromatic heterocycles. The molecule has 2 aromatic rings. The van der Waals surface area contributed by atoms with E-state index in [4.69, 9.17) is 16.0 Å². The molecule has 0 aliphatic heterocycles. The van der Waals surface area contributed by atoms with Crippen LogP contribution in [-0.4, -0.2) is 11.8 Å². The number of carbonyl (C=O) groups is 1. The van der Waals surface area contributed by atoms with Crippen LogP contribution in [0.1, 0.15) is 5.76 Å². The normalized spacial score (nSPS) is 10.2. The highest BCUT2D eigenvalue weighted by Gasteiger charge is 2.15. The first-order valence-corrected chi connectivity index (χ1v) is 5.78. The van der Waals surface area contributed by atoms with Crippen LogP contribution < -0.4 is 4.90 Å². The molecule has 0 spiro atoms. The molecule has 1 amide bonds. The predicted octanol–water partition coefficient (Wildman–Crippen LogP) is 3.05. The number of carbonyl (C=O) groups excluding carboxylic acids is 1. The van der Waals surface area contributed by atoms with Crippen molar-refractivity contribution in [2.75, 3.05) is 10.8 Å². The Bertz CT molecular complexity index is 467. The zero-order valence-corrected chi connectivity index (χ0v) is 9.93. The Kier molecular flexibility index (Phi) is 3.83. The predicted molar refractivity (Wildman–Crippen MR) is 67.1 cm³/mol. The maximum Gasteiger partial charge on any atom is 0.242 e. The van der Waals surface area contributed by atoms with E-state index in [1.165, 1.54) is 0 Å². The summed E-state index contributed by atoms with van der Waals surface area (Å²) in [4.78, 5) is 13.4. The van der Waals surface area contributed by atoms with Crippen molar-refractivity contribution >= 4 is 23.2 Å². The molecule has 4 heteroatoms. The van der Waals surface area contributed by atoms with E-state index >= 15 is 0 Å². The Hall–Kier alpha value is -1.74. The topological polar surface area (TPSA) is 33.5 Å². The fraction of sp³-hybridized carbons (Fsp3) is 0.154. The van der Waals surface area contributed by atoms with Gasteiger partial charge in [0, 0.05) is 5.69 Å². The van der Waals surface area contributed by atoms with Crippen LogP contribution in [0.25, 0.3) is 0 Å². The Labute approximate surface area is 105 Å². The van der Waals surface area contributed by atoms with Crippen molar-refractivity contribution in [3.8, 4) is 0 Å². The zero-order chi connectivity index (χ0) is 12.1. The summed E-state index contributed by atoms with van der Waals surface area (Å²) in [6, 6.07) is 13.0. The molecule has 0 fully saturated rings. The quantitative estimate of drug-likeness (QED) is 0.781. The molecule has 17 heavy (non-hydrogen) atoms. The van der Waals surface area contributed by atoms with Crippen molar-refractivity contribution < 1.29 is 9.21 Å². The lowest BCUT2D eigenvalue weighted by atomic mass is 10.2. The van der Waals surface area contributed by atoms with E-state index < -0.39 is 0 Å². The first kappa shape index (κ1) is 11.7. The van der Waals surface area contributed by atoms with Crippen molar-refractivity contribution in [2.45, 2.75) is 6.54 Å². The van der Waals surface area contributed by atoms with Crippen LogP contribution in [0.15, 0.2) is 53.1 Å². The summed E-state index contributed by atoms with van der Waals surface area (Å²) in [5.74, 6) is 0.539. The van der Waals surface area contributed by atoms with Gasteiger partial charge in [-0.3, -0.25) is 4.79 Å². The molecule has 2 rings (SSSR count). The number of benzene rings is 1. The monoisotopic (exact) mass is 249 g/mol. The van der Waals surface area contributed by atoms with Gasteiger partial charge in [0.2, 0.25) is 5.91 Å². The minimum Gasteiger partial charge on any atom is -0.467 e. The highest BCUT2D eigenvalue weighted by Crippen LogP contribution is 2.17. The third-order valence-corrected chi connectivity index (χ3v) is 2.61. The minimum atomic E-state index is -0.144. The number of para-hydroxylation sites is 1. The fourth-order valence-electron chi connectivity index (χ4n) is 1.56. The van der Waals surface area contributed by atoms with Crippen LogP contribution in [0.2, 0.25) is 0 Å². The molecule has 3 nitrogen and oxygen atoms in total. The molecule has 0 unspecified atom stereocenters. The number of hydrogen-bond acceptors (Lipinski definition) is 2. The minimum absolute atomic E-state index is 0.0460. The summed E-state index contributed by atoms with van der Waals surface area (Å²) in [5, 5.41) is 0. The Morgan fingerprint density at radius 2 is 1.94 bits per heavy atom. The summed E-state index contributed by atoms with van der Waals surface area (Å²) in [6.45, 7) is 0.391. The number of nitrogens with zero attached hydrogens (tertiary/aromatic N) is 1. The van der Waals surface area contributed by atoms with Gasteiger partial charge >= 0.3 is 0 Å². The fourth-order valence-corrected chi connectivity index (χ4v) is 1.71. The Morgan fingerprint density at radius 3 is 2.53 bits per heavy atom. The highest BCUT2D eigenvalue weighted by atomic mass is 35.5. The molecule has 0 aliphatic carbocycles. The van der Waals surface area contributed by atoms with Crippen LogP contribution in [0.5, 0.6) is 0 Å². The molecule has 88 valence electrons. The van der Waals surface area contributed by atoms with Gasteiger partial charge in [-0.1, -0.05) is 18.2 Å². The second kappa shape index (κ2) is 5.55. The number of alkyl halides is 1. The van der Waals surface area contributed by atoms with E-state index in [1.807, 2.05) is 36.4 Å². The second-order valence-corrected chi connectivity index (χ2v) is 3.80. The van der Waals surface area contributed by atoms with Gasteiger partial charge in [-0.05, 0) is 24.3 Å². The van der Waals surface area contributed by atoms with Crippen LogP contribution in [0.3, 0.4) is 0 Å². The molecular formula is C13H12ClNO2. The third kappa shape index (κ3) is 2.88. The standard InChI is InChI=1S/C13H12ClNO2/c14-9-13(16)15(10-12-7-4-8-17-12)11-5-2-1-3-6-11/h1-8H,9-10H2. The summed E-state index contributed by atoms with van der Waals surface area (Å²) in [7, 11) is 0. The first-order valence-electron chi connectivity index (χ1n) is 5.25. The van der Waals surface area contributed by atoms with E-state index in [1.54, 1.807) is 17.2 Å². The maximum absolute atomic E-state index is 11.8. The van der Waals surface area contributed by atoms with E-state index in [9.17, 15) is 4.79 Å². The Balaban J connectivity index is 2.23. The van der Waals surface area contributed by atoms with Gasteiger partial charge in [-0.15, -0.1) is 11.6 Å². The van der Waals surface area contributed by atoms with Crippen molar-refractivity contribution in [3.05, 3.63) is 54.5 Å². The maximum atomic E-state index is 11.8. The third-order valence-electron chi connectivity index (χ3n) is 2.38. The SMILES string of the molecule is O=C(CCl)N(Cc1ccco1)c1ccccc1. The Morgan fingerprint density at radius 1 is 1.18 bits per heavy atom. The number of hydrogen-bond donors (Lipinski definition) is 0. The van der Waals surface area contributed by atoms with Gasteiger partial charge < -0.3 is 9.32 Å². The van der Waals surface area contributed by atoms with Crippen LogP contribution >= 0.6 is 11.6 Å². The molecule has 0 aliphatic rings. The van der Waals surface area contributed by atoms with E-state index in [0.29, 0.717) is 6.54 Å². The number of furan rings is 1. The largest absolute Gasteiger partial charge is 0.467 e. The average molecular weight is 250 g/mol. The molecule has 1 heterocycles. The van der Waals surface area contributed by atoms with Gasteiger partial charge in [0.1, 0.15) is 11.6 Å². The zero-order valence-electron chi connectivity index (χ0n) is 9.17. The van der Waals surface area contributed by atoms with Crippen LogP contribution in [0, 0.1) is 0 Å².